The molecule has 0 unspecified atom stereocenters. The normalized spacial score (nSPS) is 11.1. The van der Waals surface area contributed by atoms with Crippen LogP contribution in [0.3, 0.4) is 0 Å². The number of halogens is 3. The van der Waals surface area contributed by atoms with E-state index >= 15 is 0 Å². The van der Waals surface area contributed by atoms with Gasteiger partial charge in [0.15, 0.2) is 0 Å². The van der Waals surface area contributed by atoms with Crippen molar-refractivity contribution >= 4 is 11.7 Å². The summed E-state index contributed by atoms with van der Waals surface area (Å²) in [6, 6.07) is 9.86. The van der Waals surface area contributed by atoms with Crippen LogP contribution in [-0.2, 0) is 6.18 Å². The average Bonchev–Trinajstić information content (AvgIpc) is 3.03. The molecule has 2 aromatic heterocycles. The number of nitriles is 1. The summed E-state index contributed by atoms with van der Waals surface area (Å²) in [5.41, 5.74) is 1.01. The molecule has 8 heteroatoms. The van der Waals surface area contributed by atoms with E-state index in [1.807, 2.05) is 6.07 Å². The topological polar surface area (TPSA) is 74.7 Å². The first kappa shape index (κ1) is 15.6. The molecule has 0 aliphatic rings. The fourth-order valence-corrected chi connectivity index (χ4v) is 1.95. The van der Waals surface area contributed by atoms with Crippen LogP contribution in [0.15, 0.2) is 53.3 Å². The Kier molecular flexibility index (Phi) is 3.92. The van der Waals surface area contributed by atoms with Crippen molar-refractivity contribution in [1.29, 1.82) is 5.26 Å². The smallest absolute Gasteiger partial charge is 0.416 e. The third kappa shape index (κ3) is 3.35. The quantitative estimate of drug-likeness (QED) is 0.772. The summed E-state index contributed by atoms with van der Waals surface area (Å²) in [5, 5.41) is 11.5. The lowest BCUT2D eigenvalue weighted by atomic mass is 10.1. The van der Waals surface area contributed by atoms with Crippen LogP contribution in [0.1, 0.15) is 11.3 Å². The van der Waals surface area contributed by atoms with E-state index in [1.54, 1.807) is 6.07 Å². The summed E-state index contributed by atoms with van der Waals surface area (Å²) in [7, 11) is 0. The number of pyridine rings is 1. The molecular weight excluding hydrogens is 321 g/mol. The van der Waals surface area contributed by atoms with Crippen molar-refractivity contribution in [2.45, 2.75) is 6.18 Å². The Morgan fingerprint density at radius 2 is 1.83 bits per heavy atom. The molecule has 0 amide bonds. The van der Waals surface area contributed by atoms with E-state index in [-0.39, 0.29) is 11.7 Å². The van der Waals surface area contributed by atoms with Crippen molar-refractivity contribution in [3.8, 4) is 17.3 Å². The van der Waals surface area contributed by atoms with Gasteiger partial charge in [-0.3, -0.25) is 0 Å². The SMILES string of the molecule is N#Cc1ccc(Nc2nc(-c3ccc(C(F)(F)F)cc3)co2)cn1. The summed E-state index contributed by atoms with van der Waals surface area (Å²) in [4.78, 5) is 8.05. The summed E-state index contributed by atoms with van der Waals surface area (Å²) in [5.74, 6) is 0. The van der Waals surface area contributed by atoms with E-state index in [0.717, 1.165) is 12.1 Å². The largest absolute Gasteiger partial charge is 0.431 e. The molecule has 0 aliphatic heterocycles. The predicted molar refractivity (Wildman–Crippen MR) is 79.2 cm³/mol. The zero-order valence-corrected chi connectivity index (χ0v) is 12.0. The first-order valence-electron chi connectivity index (χ1n) is 6.72. The second-order valence-electron chi connectivity index (χ2n) is 4.78. The maximum absolute atomic E-state index is 12.6. The van der Waals surface area contributed by atoms with Gasteiger partial charge in [-0.05, 0) is 24.3 Å². The zero-order chi connectivity index (χ0) is 17.2. The number of anilines is 2. The number of rotatable bonds is 3. The standard InChI is InChI=1S/C16H9F3N4O/c17-16(18,19)11-3-1-10(2-4-11)14-9-24-15(23-14)22-13-6-5-12(7-20)21-8-13/h1-6,8-9H,(H,22,23). The minimum Gasteiger partial charge on any atom is -0.431 e. The molecule has 0 atom stereocenters. The molecule has 1 aromatic carbocycles. The van der Waals surface area contributed by atoms with E-state index in [2.05, 4.69) is 15.3 Å². The molecule has 24 heavy (non-hydrogen) atoms. The summed E-state index contributed by atoms with van der Waals surface area (Å²) in [6.45, 7) is 0. The first-order valence-corrected chi connectivity index (χ1v) is 6.72. The Hall–Kier alpha value is -3.34. The minimum atomic E-state index is -4.38. The number of hydrogen-bond acceptors (Lipinski definition) is 5. The summed E-state index contributed by atoms with van der Waals surface area (Å²) >= 11 is 0. The van der Waals surface area contributed by atoms with Crippen LogP contribution in [0.4, 0.5) is 24.9 Å². The van der Waals surface area contributed by atoms with Gasteiger partial charge in [-0.15, -0.1) is 0 Å². The molecule has 0 saturated heterocycles. The van der Waals surface area contributed by atoms with Gasteiger partial charge >= 0.3 is 6.18 Å². The molecule has 0 fully saturated rings. The number of nitrogens with one attached hydrogen (secondary N) is 1. The van der Waals surface area contributed by atoms with Crippen LogP contribution in [0.5, 0.6) is 0 Å². The van der Waals surface area contributed by atoms with Crippen molar-refractivity contribution in [3.05, 3.63) is 60.1 Å². The second-order valence-corrected chi connectivity index (χ2v) is 4.78. The number of aromatic nitrogens is 2. The van der Waals surface area contributed by atoms with Gasteiger partial charge in [0, 0.05) is 5.56 Å². The molecule has 1 N–H and O–H groups in total. The maximum Gasteiger partial charge on any atom is 0.416 e. The number of oxazole rings is 1. The number of hydrogen-bond donors (Lipinski definition) is 1. The maximum atomic E-state index is 12.6. The molecule has 5 nitrogen and oxygen atoms in total. The highest BCUT2D eigenvalue weighted by Crippen LogP contribution is 2.31. The van der Waals surface area contributed by atoms with Crippen LogP contribution in [-0.4, -0.2) is 9.97 Å². The van der Waals surface area contributed by atoms with Gasteiger partial charge in [0.25, 0.3) is 6.01 Å². The Morgan fingerprint density at radius 1 is 1.08 bits per heavy atom. The summed E-state index contributed by atoms with van der Waals surface area (Å²) in [6.07, 6.45) is -1.60. The van der Waals surface area contributed by atoms with Crippen LogP contribution in [0.25, 0.3) is 11.3 Å². The van der Waals surface area contributed by atoms with Gasteiger partial charge in [0.1, 0.15) is 23.7 Å². The highest BCUT2D eigenvalue weighted by molar-refractivity contribution is 5.61. The van der Waals surface area contributed by atoms with Crippen LogP contribution in [0, 0.1) is 11.3 Å². The minimum absolute atomic E-state index is 0.163. The van der Waals surface area contributed by atoms with Crippen LogP contribution < -0.4 is 5.32 Å². The van der Waals surface area contributed by atoms with E-state index in [1.165, 1.54) is 30.7 Å². The van der Waals surface area contributed by atoms with E-state index < -0.39 is 11.7 Å². The molecule has 0 radical (unpaired) electrons. The van der Waals surface area contributed by atoms with Crippen LogP contribution >= 0.6 is 0 Å². The Morgan fingerprint density at radius 3 is 2.42 bits per heavy atom. The second kappa shape index (κ2) is 6.04. The zero-order valence-electron chi connectivity index (χ0n) is 12.0. The molecule has 3 rings (SSSR count). The number of alkyl halides is 3. The van der Waals surface area contributed by atoms with E-state index in [4.69, 9.17) is 9.68 Å². The Balaban J connectivity index is 1.76. The Labute approximate surface area is 134 Å². The van der Waals surface area contributed by atoms with Crippen LogP contribution in [0.2, 0.25) is 0 Å². The van der Waals surface area contributed by atoms with Crippen molar-refractivity contribution in [1.82, 2.24) is 9.97 Å². The molecule has 2 heterocycles. The molecule has 0 aliphatic carbocycles. The molecule has 0 spiro atoms. The highest BCUT2D eigenvalue weighted by atomic mass is 19.4. The lowest BCUT2D eigenvalue weighted by Crippen LogP contribution is -2.03. The van der Waals surface area contributed by atoms with E-state index in [9.17, 15) is 13.2 Å². The molecule has 3 aromatic rings. The summed E-state index contributed by atoms with van der Waals surface area (Å²) < 4.78 is 42.9. The monoisotopic (exact) mass is 330 g/mol. The van der Waals surface area contributed by atoms with Gasteiger partial charge in [0.2, 0.25) is 0 Å². The fraction of sp³-hybridized carbons (Fsp3) is 0.0625. The number of benzene rings is 1. The molecule has 120 valence electrons. The first-order chi connectivity index (χ1) is 11.5. The average molecular weight is 330 g/mol. The van der Waals surface area contributed by atoms with Crippen molar-refractivity contribution in [2.24, 2.45) is 0 Å². The van der Waals surface area contributed by atoms with Gasteiger partial charge in [-0.1, -0.05) is 12.1 Å². The van der Waals surface area contributed by atoms with E-state index in [0.29, 0.717) is 16.9 Å². The van der Waals surface area contributed by atoms with Gasteiger partial charge in [-0.2, -0.15) is 23.4 Å². The van der Waals surface area contributed by atoms with Crippen molar-refractivity contribution < 1.29 is 17.6 Å². The third-order valence-electron chi connectivity index (χ3n) is 3.14. The number of nitrogens with zero attached hydrogens (tertiary/aromatic N) is 3. The predicted octanol–water partition coefficient (Wildman–Crippen LogP) is 4.37. The van der Waals surface area contributed by atoms with Crippen molar-refractivity contribution in [2.75, 3.05) is 5.32 Å². The van der Waals surface area contributed by atoms with Crippen molar-refractivity contribution in [3.63, 3.8) is 0 Å². The Bertz CT molecular complexity index is 877. The third-order valence-corrected chi connectivity index (χ3v) is 3.14. The lowest BCUT2D eigenvalue weighted by Gasteiger charge is -2.06. The van der Waals surface area contributed by atoms with Gasteiger partial charge in [-0.25, -0.2) is 4.98 Å². The molecule has 0 saturated carbocycles. The molecule has 0 bridgehead atoms. The fourth-order valence-electron chi connectivity index (χ4n) is 1.95. The van der Waals surface area contributed by atoms with Gasteiger partial charge < -0.3 is 9.73 Å². The molecular formula is C16H9F3N4O. The van der Waals surface area contributed by atoms with Gasteiger partial charge in [0.05, 0.1) is 17.4 Å². The highest BCUT2D eigenvalue weighted by Gasteiger charge is 2.30. The lowest BCUT2D eigenvalue weighted by molar-refractivity contribution is -0.137.